The van der Waals surface area contributed by atoms with Gasteiger partial charge in [-0.2, -0.15) is 0 Å². The van der Waals surface area contributed by atoms with E-state index < -0.39 is 22.2 Å². The minimum atomic E-state index is -3.66. The van der Waals surface area contributed by atoms with Gasteiger partial charge in [-0.25, -0.2) is 8.42 Å². The van der Waals surface area contributed by atoms with E-state index in [9.17, 15) is 8.42 Å². The van der Waals surface area contributed by atoms with Gasteiger partial charge in [0.1, 0.15) is 0 Å². The highest BCUT2D eigenvalue weighted by Gasteiger charge is 2.37. The van der Waals surface area contributed by atoms with Crippen LogP contribution in [0.3, 0.4) is 0 Å². The van der Waals surface area contributed by atoms with E-state index in [0.717, 1.165) is 24.8 Å². The number of ether oxygens (including phenoxy) is 2. The zero-order valence-corrected chi connectivity index (χ0v) is 18.8. The molecule has 0 N–H and O–H groups in total. The molecule has 0 radical (unpaired) electrons. The Morgan fingerprint density at radius 3 is 2.27 bits per heavy atom. The smallest absolute Gasteiger partial charge is 0.205 e. The van der Waals surface area contributed by atoms with Crippen molar-refractivity contribution in [1.29, 1.82) is 0 Å². The monoisotopic (exact) mass is 428 g/mol. The molecule has 2 aromatic rings. The second-order valence-corrected chi connectivity index (χ2v) is 10.1. The lowest BCUT2D eigenvalue weighted by Crippen LogP contribution is -2.37. The van der Waals surface area contributed by atoms with Crippen molar-refractivity contribution >= 4 is 9.84 Å². The molecule has 0 bridgehead atoms. The first-order chi connectivity index (χ1) is 14.4. The molecule has 0 spiro atoms. The van der Waals surface area contributed by atoms with E-state index in [1.165, 1.54) is 0 Å². The van der Waals surface area contributed by atoms with Crippen molar-refractivity contribution < 1.29 is 17.9 Å². The largest absolute Gasteiger partial charge is 0.345 e. The molecule has 3 atom stereocenters. The van der Waals surface area contributed by atoms with Gasteiger partial charge < -0.3 is 9.47 Å². The van der Waals surface area contributed by atoms with Crippen molar-refractivity contribution in [1.82, 2.24) is 0 Å². The quantitative estimate of drug-likeness (QED) is 0.512. The predicted octanol–water partition coefficient (Wildman–Crippen LogP) is 6.06. The number of unbranched alkanes of at least 4 members (excludes halogenated alkanes) is 1. The molecule has 0 aromatic heterocycles. The Hall–Kier alpha value is -1.95. The highest BCUT2D eigenvalue weighted by molar-refractivity contribution is 7.95. The average Bonchev–Trinajstić information content (AvgIpc) is 2.77. The lowest BCUT2D eigenvalue weighted by Gasteiger charge is -2.37. The molecule has 3 rings (SSSR count). The van der Waals surface area contributed by atoms with Gasteiger partial charge >= 0.3 is 0 Å². The summed E-state index contributed by atoms with van der Waals surface area (Å²) < 4.78 is 39.6. The lowest BCUT2D eigenvalue weighted by atomic mass is 10.0. The van der Waals surface area contributed by atoms with E-state index in [-0.39, 0.29) is 12.0 Å². The number of sulfone groups is 1. The van der Waals surface area contributed by atoms with Gasteiger partial charge in [-0.05, 0) is 24.5 Å². The number of rotatable bonds is 8. The first-order valence-electron chi connectivity index (χ1n) is 10.8. The van der Waals surface area contributed by atoms with Gasteiger partial charge in [0.05, 0.1) is 22.0 Å². The van der Waals surface area contributed by atoms with Crippen LogP contribution in [0.4, 0.5) is 0 Å². The fourth-order valence-corrected chi connectivity index (χ4v) is 5.45. The molecule has 0 aliphatic carbocycles. The summed E-state index contributed by atoms with van der Waals surface area (Å²) in [5.74, 6) is 0.0780. The summed E-state index contributed by atoms with van der Waals surface area (Å²) in [6, 6.07) is 18.4. The van der Waals surface area contributed by atoms with Crippen molar-refractivity contribution in [2.24, 2.45) is 5.92 Å². The molecular formula is C25H32O4S. The van der Waals surface area contributed by atoms with Crippen LogP contribution < -0.4 is 0 Å². The topological polar surface area (TPSA) is 52.6 Å². The molecule has 1 fully saturated rings. The molecule has 1 aliphatic rings. The minimum absolute atomic E-state index is 0.0459. The summed E-state index contributed by atoms with van der Waals surface area (Å²) in [5.41, 5.74) is 0.907. The maximum absolute atomic E-state index is 13.5. The molecule has 2 aromatic carbocycles. The first kappa shape index (κ1) is 22.7. The van der Waals surface area contributed by atoms with Crippen LogP contribution in [-0.4, -0.2) is 20.6 Å². The van der Waals surface area contributed by atoms with Gasteiger partial charge in [0.15, 0.2) is 6.29 Å². The van der Waals surface area contributed by atoms with Gasteiger partial charge in [0.25, 0.3) is 0 Å². The Morgan fingerprint density at radius 1 is 1.03 bits per heavy atom. The Bertz CT molecular complexity index is 920. The molecule has 5 heteroatoms. The molecule has 1 aliphatic heterocycles. The fourth-order valence-electron chi connectivity index (χ4n) is 3.71. The molecule has 30 heavy (non-hydrogen) atoms. The van der Waals surface area contributed by atoms with E-state index >= 15 is 0 Å². The van der Waals surface area contributed by atoms with Crippen molar-refractivity contribution in [3.63, 3.8) is 0 Å². The van der Waals surface area contributed by atoms with Crippen molar-refractivity contribution in [3.8, 4) is 0 Å². The van der Waals surface area contributed by atoms with E-state index in [0.29, 0.717) is 16.2 Å². The number of hydrogen-bond donors (Lipinski definition) is 0. The zero-order chi connectivity index (χ0) is 21.6. The third-order valence-corrected chi connectivity index (χ3v) is 7.12. The highest BCUT2D eigenvalue weighted by atomic mass is 32.2. The minimum Gasteiger partial charge on any atom is -0.345 e. The summed E-state index contributed by atoms with van der Waals surface area (Å²) >= 11 is 0. The molecule has 0 saturated carbocycles. The van der Waals surface area contributed by atoms with Crippen LogP contribution in [0.15, 0.2) is 76.5 Å². The molecule has 1 saturated heterocycles. The van der Waals surface area contributed by atoms with Crippen molar-refractivity contribution in [3.05, 3.63) is 77.2 Å². The first-order valence-corrected chi connectivity index (χ1v) is 12.3. The number of hydrogen-bond acceptors (Lipinski definition) is 4. The maximum atomic E-state index is 13.5. The summed E-state index contributed by atoms with van der Waals surface area (Å²) in [5, 5.41) is 0. The third-order valence-electron chi connectivity index (χ3n) is 5.21. The fraction of sp³-hybridized carbons (Fsp3) is 0.440. The van der Waals surface area contributed by atoms with Crippen molar-refractivity contribution in [2.45, 2.75) is 69.8 Å². The molecule has 4 nitrogen and oxygen atoms in total. The van der Waals surface area contributed by atoms with E-state index in [1.54, 1.807) is 24.3 Å². The van der Waals surface area contributed by atoms with Gasteiger partial charge in [0, 0.05) is 12.0 Å². The lowest BCUT2D eigenvalue weighted by molar-refractivity contribution is -0.239. The number of benzene rings is 2. The van der Waals surface area contributed by atoms with Crippen LogP contribution in [0.5, 0.6) is 0 Å². The number of allylic oxidation sites excluding steroid dienone is 1. The Labute approximate surface area is 180 Å². The molecular weight excluding hydrogens is 396 g/mol. The summed E-state index contributed by atoms with van der Waals surface area (Å²) in [6.07, 6.45) is 4.19. The molecule has 0 unspecified atom stereocenters. The van der Waals surface area contributed by atoms with E-state index in [2.05, 4.69) is 6.92 Å². The molecule has 0 amide bonds. The Kier molecular flexibility index (Phi) is 7.87. The summed E-state index contributed by atoms with van der Waals surface area (Å²) in [7, 11) is -3.66. The average molecular weight is 429 g/mol. The standard InChI is InChI=1S/C25H32O4S/c1-4-5-14-21-18-23(29-25(28-21)20-12-8-6-9-13-20)24(17-19(2)3)30(26,27)22-15-10-7-11-16-22/h6-13,15-17,19,21,23,25H,4-5,14,18H2,1-3H3/b24-17+/t21-,23-,25-/m0/s1. The summed E-state index contributed by atoms with van der Waals surface area (Å²) in [4.78, 5) is 0.641. The highest BCUT2D eigenvalue weighted by Crippen LogP contribution is 2.37. The van der Waals surface area contributed by atoms with Crippen molar-refractivity contribution in [2.75, 3.05) is 0 Å². The van der Waals surface area contributed by atoms with Crippen LogP contribution in [0.1, 0.15) is 58.3 Å². The van der Waals surface area contributed by atoms with Crippen LogP contribution in [0.25, 0.3) is 0 Å². The zero-order valence-electron chi connectivity index (χ0n) is 18.0. The van der Waals surface area contributed by atoms with Gasteiger partial charge in [0.2, 0.25) is 9.84 Å². The molecule has 1 heterocycles. The maximum Gasteiger partial charge on any atom is 0.205 e. The van der Waals surface area contributed by atoms with Gasteiger partial charge in [-0.15, -0.1) is 0 Å². The van der Waals surface area contributed by atoms with E-state index in [4.69, 9.17) is 9.47 Å². The van der Waals surface area contributed by atoms with Crippen LogP contribution >= 0.6 is 0 Å². The van der Waals surface area contributed by atoms with Crippen LogP contribution in [-0.2, 0) is 19.3 Å². The normalized spacial score (nSPS) is 22.9. The Morgan fingerprint density at radius 2 is 1.67 bits per heavy atom. The second-order valence-electron chi connectivity index (χ2n) is 8.13. The SMILES string of the molecule is CCCC[C@H]1C[C@@H](/C(=C\C(C)C)S(=O)(=O)c2ccccc2)O[C@@H](c2ccccc2)O1. The van der Waals surface area contributed by atoms with Crippen LogP contribution in [0.2, 0.25) is 0 Å². The third kappa shape index (κ3) is 5.60. The second kappa shape index (κ2) is 10.4. The van der Waals surface area contributed by atoms with Gasteiger partial charge in [-0.1, -0.05) is 88.2 Å². The molecule has 162 valence electrons. The predicted molar refractivity (Wildman–Crippen MR) is 120 cm³/mol. The van der Waals surface area contributed by atoms with E-state index in [1.807, 2.05) is 56.3 Å². The van der Waals surface area contributed by atoms with Crippen LogP contribution in [0, 0.1) is 5.92 Å². The van der Waals surface area contributed by atoms with Gasteiger partial charge in [-0.3, -0.25) is 0 Å². The summed E-state index contributed by atoms with van der Waals surface area (Å²) in [6.45, 7) is 6.13. The Balaban J connectivity index is 1.98.